The molecular weight excluding hydrogens is 316 g/mol. The molecule has 132 valence electrons. The predicted molar refractivity (Wildman–Crippen MR) is 97.5 cm³/mol. The van der Waals surface area contributed by atoms with Gasteiger partial charge in [0.1, 0.15) is 0 Å². The van der Waals surface area contributed by atoms with Gasteiger partial charge in [0, 0.05) is 32.2 Å². The third kappa shape index (κ3) is 4.45. The molecule has 2 aromatic carbocycles. The SMILES string of the molecule is CNC(=O)c1ccc(-c2ccc([C@@H](O)CN3CCOCC3)cc2)cc1. The Kier molecular flexibility index (Phi) is 5.81. The molecule has 1 aliphatic rings. The average molecular weight is 340 g/mol. The number of morpholine rings is 1. The molecule has 0 aromatic heterocycles. The molecule has 0 radical (unpaired) electrons. The molecule has 1 aliphatic heterocycles. The van der Waals surface area contributed by atoms with Gasteiger partial charge in [-0.3, -0.25) is 9.69 Å². The minimum atomic E-state index is -0.497. The zero-order valence-corrected chi connectivity index (χ0v) is 14.4. The number of rotatable bonds is 5. The highest BCUT2D eigenvalue weighted by Crippen LogP contribution is 2.23. The van der Waals surface area contributed by atoms with Crippen LogP contribution in [0.5, 0.6) is 0 Å². The van der Waals surface area contributed by atoms with Crippen LogP contribution in [-0.2, 0) is 4.74 Å². The van der Waals surface area contributed by atoms with Gasteiger partial charge in [-0.15, -0.1) is 0 Å². The van der Waals surface area contributed by atoms with Crippen LogP contribution in [0.3, 0.4) is 0 Å². The monoisotopic (exact) mass is 340 g/mol. The fraction of sp³-hybridized carbons (Fsp3) is 0.350. The smallest absolute Gasteiger partial charge is 0.251 e. The van der Waals surface area contributed by atoms with Crippen LogP contribution in [0.1, 0.15) is 22.0 Å². The van der Waals surface area contributed by atoms with Crippen molar-refractivity contribution in [2.24, 2.45) is 0 Å². The van der Waals surface area contributed by atoms with E-state index in [4.69, 9.17) is 4.74 Å². The van der Waals surface area contributed by atoms with Crippen molar-refractivity contribution in [2.45, 2.75) is 6.10 Å². The normalized spacial score (nSPS) is 16.4. The zero-order chi connectivity index (χ0) is 17.6. The van der Waals surface area contributed by atoms with Crippen LogP contribution in [0.25, 0.3) is 11.1 Å². The van der Waals surface area contributed by atoms with Gasteiger partial charge in [-0.1, -0.05) is 36.4 Å². The fourth-order valence-corrected chi connectivity index (χ4v) is 2.99. The van der Waals surface area contributed by atoms with E-state index >= 15 is 0 Å². The molecule has 2 aromatic rings. The number of hydrogen-bond acceptors (Lipinski definition) is 4. The number of carbonyl (C=O) groups excluding carboxylic acids is 1. The van der Waals surface area contributed by atoms with E-state index in [0.29, 0.717) is 12.1 Å². The molecule has 1 heterocycles. The molecule has 1 atom stereocenters. The van der Waals surface area contributed by atoms with Crippen molar-refractivity contribution in [2.75, 3.05) is 39.9 Å². The molecule has 0 saturated carbocycles. The third-order valence-corrected chi connectivity index (χ3v) is 4.54. The Hall–Kier alpha value is -2.21. The Labute approximate surface area is 148 Å². The van der Waals surface area contributed by atoms with Crippen molar-refractivity contribution in [1.29, 1.82) is 0 Å². The molecule has 5 nitrogen and oxygen atoms in total. The van der Waals surface area contributed by atoms with Gasteiger partial charge in [-0.25, -0.2) is 0 Å². The summed E-state index contributed by atoms with van der Waals surface area (Å²) in [7, 11) is 1.62. The van der Waals surface area contributed by atoms with Crippen LogP contribution >= 0.6 is 0 Å². The van der Waals surface area contributed by atoms with Gasteiger partial charge in [-0.05, 0) is 28.8 Å². The average Bonchev–Trinajstić information content (AvgIpc) is 2.68. The van der Waals surface area contributed by atoms with Crippen LogP contribution in [0.4, 0.5) is 0 Å². The van der Waals surface area contributed by atoms with E-state index in [1.54, 1.807) is 7.05 Å². The maximum atomic E-state index is 11.6. The summed E-state index contributed by atoms with van der Waals surface area (Å²) in [5.74, 6) is -0.0897. The molecule has 2 N–H and O–H groups in total. The first-order chi connectivity index (χ1) is 12.2. The predicted octanol–water partition coefficient (Wildman–Crippen LogP) is 2.08. The Bertz CT molecular complexity index is 692. The van der Waals surface area contributed by atoms with Crippen LogP contribution in [-0.4, -0.2) is 55.8 Å². The lowest BCUT2D eigenvalue weighted by Crippen LogP contribution is -2.38. The number of carbonyl (C=O) groups is 1. The maximum Gasteiger partial charge on any atom is 0.251 e. The van der Waals surface area contributed by atoms with Gasteiger partial charge in [-0.2, -0.15) is 0 Å². The summed E-state index contributed by atoms with van der Waals surface area (Å²) in [5, 5.41) is 13.0. The molecule has 0 bridgehead atoms. The number of benzene rings is 2. The number of amides is 1. The molecule has 1 amide bonds. The number of ether oxygens (including phenoxy) is 1. The Morgan fingerprint density at radius 3 is 2.20 bits per heavy atom. The highest BCUT2D eigenvalue weighted by atomic mass is 16.5. The van der Waals surface area contributed by atoms with Crippen molar-refractivity contribution in [3.63, 3.8) is 0 Å². The first-order valence-corrected chi connectivity index (χ1v) is 8.58. The van der Waals surface area contributed by atoms with Gasteiger partial charge >= 0.3 is 0 Å². The Morgan fingerprint density at radius 2 is 1.64 bits per heavy atom. The summed E-state index contributed by atoms with van der Waals surface area (Å²) in [6, 6.07) is 15.4. The van der Waals surface area contributed by atoms with Crippen LogP contribution < -0.4 is 5.32 Å². The molecule has 3 rings (SSSR count). The zero-order valence-electron chi connectivity index (χ0n) is 14.4. The number of aliphatic hydroxyl groups is 1. The van der Waals surface area contributed by atoms with Crippen molar-refractivity contribution >= 4 is 5.91 Å². The molecule has 0 unspecified atom stereocenters. The molecular formula is C20H24N2O3. The lowest BCUT2D eigenvalue weighted by molar-refractivity contribution is 0.0143. The summed E-state index contributed by atoms with van der Waals surface area (Å²) < 4.78 is 5.33. The minimum Gasteiger partial charge on any atom is -0.387 e. The van der Waals surface area contributed by atoms with E-state index in [1.807, 2.05) is 48.5 Å². The first-order valence-electron chi connectivity index (χ1n) is 8.58. The fourth-order valence-electron chi connectivity index (χ4n) is 2.99. The van der Waals surface area contributed by atoms with Crippen molar-refractivity contribution < 1.29 is 14.6 Å². The minimum absolute atomic E-state index is 0.0897. The highest BCUT2D eigenvalue weighted by molar-refractivity contribution is 5.94. The van der Waals surface area contributed by atoms with Crippen LogP contribution in [0.2, 0.25) is 0 Å². The summed E-state index contributed by atoms with van der Waals surface area (Å²) >= 11 is 0. The lowest BCUT2D eigenvalue weighted by Gasteiger charge is -2.28. The van der Waals surface area contributed by atoms with E-state index in [9.17, 15) is 9.90 Å². The second-order valence-corrected chi connectivity index (χ2v) is 6.21. The van der Waals surface area contributed by atoms with E-state index in [-0.39, 0.29) is 5.91 Å². The van der Waals surface area contributed by atoms with Crippen molar-refractivity contribution in [1.82, 2.24) is 10.2 Å². The summed E-state index contributed by atoms with van der Waals surface area (Å²) in [6.07, 6.45) is -0.497. The van der Waals surface area contributed by atoms with Gasteiger partial charge in [0.25, 0.3) is 5.91 Å². The molecule has 1 saturated heterocycles. The number of β-amino-alcohol motifs (C(OH)–C–C–N with tert-alkyl or cyclic N) is 1. The van der Waals surface area contributed by atoms with Gasteiger partial charge in [0.15, 0.2) is 0 Å². The van der Waals surface area contributed by atoms with E-state index in [1.165, 1.54) is 0 Å². The van der Waals surface area contributed by atoms with Crippen molar-refractivity contribution in [3.8, 4) is 11.1 Å². The topological polar surface area (TPSA) is 61.8 Å². The first kappa shape index (κ1) is 17.6. The number of nitrogens with one attached hydrogen (secondary N) is 1. The standard InChI is InChI=1S/C20H24N2O3/c1-21-20(24)18-8-4-16(5-9-18)15-2-6-17(7-3-15)19(23)14-22-10-12-25-13-11-22/h2-9,19,23H,10-14H2,1H3,(H,21,24)/t19-/m0/s1. The summed E-state index contributed by atoms with van der Waals surface area (Å²) in [4.78, 5) is 13.8. The largest absolute Gasteiger partial charge is 0.387 e. The summed E-state index contributed by atoms with van der Waals surface area (Å²) in [5.41, 5.74) is 3.66. The third-order valence-electron chi connectivity index (χ3n) is 4.54. The molecule has 0 aliphatic carbocycles. The second-order valence-electron chi connectivity index (χ2n) is 6.21. The molecule has 25 heavy (non-hydrogen) atoms. The highest BCUT2D eigenvalue weighted by Gasteiger charge is 2.16. The van der Waals surface area contributed by atoms with Crippen LogP contribution in [0.15, 0.2) is 48.5 Å². The molecule has 0 spiro atoms. The number of nitrogens with zero attached hydrogens (tertiary/aromatic N) is 1. The van der Waals surface area contributed by atoms with Crippen molar-refractivity contribution in [3.05, 3.63) is 59.7 Å². The lowest BCUT2D eigenvalue weighted by atomic mass is 10.0. The quantitative estimate of drug-likeness (QED) is 0.875. The van der Waals surface area contributed by atoms with E-state index < -0.39 is 6.10 Å². The second kappa shape index (κ2) is 8.25. The Balaban J connectivity index is 1.66. The van der Waals surface area contributed by atoms with Gasteiger partial charge in [0.2, 0.25) is 0 Å². The number of hydrogen-bond donors (Lipinski definition) is 2. The van der Waals surface area contributed by atoms with Gasteiger partial charge in [0.05, 0.1) is 19.3 Å². The van der Waals surface area contributed by atoms with E-state index in [2.05, 4.69) is 10.2 Å². The van der Waals surface area contributed by atoms with E-state index in [0.717, 1.165) is 43.0 Å². The molecule has 5 heteroatoms. The van der Waals surface area contributed by atoms with Gasteiger partial charge < -0.3 is 15.2 Å². The Morgan fingerprint density at radius 1 is 1.08 bits per heavy atom. The number of aliphatic hydroxyl groups excluding tert-OH is 1. The molecule has 1 fully saturated rings. The summed E-state index contributed by atoms with van der Waals surface area (Å²) in [6.45, 7) is 3.83. The maximum absolute atomic E-state index is 11.6. The van der Waals surface area contributed by atoms with Crippen LogP contribution in [0, 0.1) is 0 Å².